The van der Waals surface area contributed by atoms with Crippen molar-refractivity contribution in [3.05, 3.63) is 29.7 Å². The summed E-state index contributed by atoms with van der Waals surface area (Å²) in [6.45, 7) is 4.51. The zero-order valence-corrected chi connectivity index (χ0v) is 10.9. The van der Waals surface area contributed by atoms with Gasteiger partial charge in [-0.25, -0.2) is 4.98 Å². The number of nitrogens with zero attached hydrogens (tertiary/aromatic N) is 2. The lowest BCUT2D eigenvalue weighted by Crippen LogP contribution is -2.26. The maximum absolute atomic E-state index is 12.1. The van der Waals surface area contributed by atoms with E-state index in [4.69, 9.17) is 4.74 Å². The van der Waals surface area contributed by atoms with Crippen LogP contribution in [0.1, 0.15) is 29.5 Å². The van der Waals surface area contributed by atoms with Crippen molar-refractivity contribution < 1.29 is 9.53 Å². The molecule has 0 spiro atoms. The second-order valence-corrected chi connectivity index (χ2v) is 4.07. The first kappa shape index (κ1) is 12.4. The predicted octanol–water partition coefficient (Wildman–Crippen LogP) is 1.79. The number of imidazole rings is 1. The quantitative estimate of drug-likeness (QED) is 0.896. The molecule has 1 amide bonds. The molecule has 0 unspecified atom stereocenters. The van der Waals surface area contributed by atoms with Crippen LogP contribution in [0.5, 0.6) is 5.75 Å². The predicted molar refractivity (Wildman–Crippen MR) is 69.1 cm³/mol. The lowest BCUT2D eigenvalue weighted by atomic mass is 10.3. The van der Waals surface area contributed by atoms with Gasteiger partial charge in [-0.3, -0.25) is 9.20 Å². The van der Waals surface area contributed by atoms with Gasteiger partial charge in [0.2, 0.25) is 0 Å². The first-order valence-electron chi connectivity index (χ1n) is 5.99. The lowest BCUT2D eigenvalue weighted by molar-refractivity contribution is 0.0947. The number of rotatable bonds is 4. The molecular formula is C13H17N3O2. The van der Waals surface area contributed by atoms with E-state index in [1.165, 1.54) is 0 Å². The van der Waals surface area contributed by atoms with Crippen LogP contribution in [0.25, 0.3) is 5.65 Å². The third-order valence-corrected chi connectivity index (χ3v) is 2.76. The van der Waals surface area contributed by atoms with Gasteiger partial charge in [-0.15, -0.1) is 0 Å². The van der Waals surface area contributed by atoms with E-state index in [0.717, 1.165) is 6.42 Å². The molecule has 0 radical (unpaired) electrons. The normalized spacial score (nSPS) is 10.6. The minimum atomic E-state index is -0.102. The molecule has 18 heavy (non-hydrogen) atoms. The maximum atomic E-state index is 12.1. The Morgan fingerprint density at radius 2 is 2.33 bits per heavy atom. The minimum absolute atomic E-state index is 0.102. The lowest BCUT2D eigenvalue weighted by Gasteiger charge is -2.05. The molecule has 96 valence electrons. The smallest absolute Gasteiger partial charge is 0.270 e. The number of nitrogens with one attached hydrogen (secondary N) is 1. The molecule has 5 heteroatoms. The van der Waals surface area contributed by atoms with Crippen molar-refractivity contribution in [1.82, 2.24) is 14.7 Å². The van der Waals surface area contributed by atoms with Gasteiger partial charge in [0.25, 0.3) is 5.91 Å². The molecule has 0 saturated carbocycles. The summed E-state index contributed by atoms with van der Waals surface area (Å²) in [6, 6.07) is 3.67. The van der Waals surface area contributed by atoms with Crippen molar-refractivity contribution >= 4 is 11.6 Å². The summed E-state index contributed by atoms with van der Waals surface area (Å²) < 4.78 is 7.00. The highest BCUT2D eigenvalue weighted by Gasteiger charge is 2.17. The number of hydrogen-bond acceptors (Lipinski definition) is 3. The Labute approximate surface area is 106 Å². The van der Waals surface area contributed by atoms with Crippen LogP contribution in [0.15, 0.2) is 18.3 Å². The molecule has 2 aromatic heterocycles. The van der Waals surface area contributed by atoms with Crippen LogP contribution in [-0.2, 0) is 0 Å². The fourth-order valence-electron chi connectivity index (χ4n) is 1.91. The van der Waals surface area contributed by atoms with Gasteiger partial charge >= 0.3 is 0 Å². The number of fused-ring (bicyclic) bond motifs is 1. The van der Waals surface area contributed by atoms with Gasteiger partial charge in [0.05, 0.1) is 12.8 Å². The molecule has 1 N–H and O–H groups in total. The molecule has 0 aliphatic rings. The number of hydrogen-bond donors (Lipinski definition) is 1. The van der Waals surface area contributed by atoms with Gasteiger partial charge in [-0.05, 0) is 25.5 Å². The zero-order valence-electron chi connectivity index (χ0n) is 10.9. The average molecular weight is 247 g/mol. The van der Waals surface area contributed by atoms with Gasteiger partial charge < -0.3 is 10.1 Å². The van der Waals surface area contributed by atoms with Gasteiger partial charge in [-0.2, -0.15) is 0 Å². The van der Waals surface area contributed by atoms with Gasteiger partial charge in [0, 0.05) is 12.7 Å². The van der Waals surface area contributed by atoms with Crippen LogP contribution in [0, 0.1) is 6.92 Å². The monoisotopic (exact) mass is 247 g/mol. The topological polar surface area (TPSA) is 55.6 Å². The highest BCUT2D eigenvalue weighted by molar-refractivity contribution is 5.94. The second-order valence-electron chi connectivity index (χ2n) is 4.07. The fourth-order valence-corrected chi connectivity index (χ4v) is 1.91. The van der Waals surface area contributed by atoms with E-state index in [1.54, 1.807) is 11.5 Å². The van der Waals surface area contributed by atoms with Crippen LogP contribution < -0.4 is 10.1 Å². The second kappa shape index (κ2) is 5.08. The molecule has 0 fully saturated rings. The third kappa shape index (κ3) is 2.03. The highest BCUT2D eigenvalue weighted by atomic mass is 16.5. The van der Waals surface area contributed by atoms with E-state index in [0.29, 0.717) is 29.3 Å². The largest absolute Gasteiger partial charge is 0.493 e. The number of aryl methyl sites for hydroxylation is 1. The van der Waals surface area contributed by atoms with Crippen LogP contribution >= 0.6 is 0 Å². The van der Waals surface area contributed by atoms with Crippen molar-refractivity contribution in [2.45, 2.75) is 20.3 Å². The molecule has 2 aromatic rings. The molecular weight excluding hydrogens is 230 g/mol. The summed E-state index contributed by atoms with van der Waals surface area (Å²) >= 11 is 0. The Hall–Kier alpha value is -2.04. The fraction of sp³-hybridized carbons (Fsp3) is 0.385. The van der Waals surface area contributed by atoms with Gasteiger partial charge in [0.1, 0.15) is 5.69 Å². The number of carbonyl (C=O) groups excluding carboxylic acids is 1. The van der Waals surface area contributed by atoms with Crippen LogP contribution in [0.2, 0.25) is 0 Å². The molecule has 0 atom stereocenters. The Morgan fingerprint density at radius 1 is 1.56 bits per heavy atom. The van der Waals surface area contributed by atoms with E-state index in [1.807, 2.05) is 32.2 Å². The highest BCUT2D eigenvalue weighted by Crippen LogP contribution is 2.21. The van der Waals surface area contributed by atoms with Crippen molar-refractivity contribution in [1.29, 1.82) is 0 Å². The summed E-state index contributed by atoms with van der Waals surface area (Å²) in [4.78, 5) is 16.5. The van der Waals surface area contributed by atoms with E-state index < -0.39 is 0 Å². The van der Waals surface area contributed by atoms with E-state index >= 15 is 0 Å². The van der Waals surface area contributed by atoms with Gasteiger partial charge in [-0.1, -0.05) is 6.92 Å². The number of methoxy groups -OCH3 is 1. The van der Waals surface area contributed by atoms with Crippen molar-refractivity contribution in [2.24, 2.45) is 0 Å². The maximum Gasteiger partial charge on any atom is 0.270 e. The first-order valence-corrected chi connectivity index (χ1v) is 5.99. The molecule has 0 bridgehead atoms. The molecule has 2 rings (SSSR count). The first-order chi connectivity index (χ1) is 8.69. The van der Waals surface area contributed by atoms with Crippen LogP contribution in [-0.4, -0.2) is 28.9 Å². The average Bonchev–Trinajstić information content (AvgIpc) is 2.71. The van der Waals surface area contributed by atoms with Crippen molar-refractivity contribution in [2.75, 3.05) is 13.7 Å². The summed E-state index contributed by atoms with van der Waals surface area (Å²) in [5, 5.41) is 2.86. The Kier molecular flexibility index (Phi) is 3.50. The molecule has 0 aromatic carbocycles. The molecule has 0 aliphatic carbocycles. The summed E-state index contributed by atoms with van der Waals surface area (Å²) in [5.41, 5.74) is 1.93. The Morgan fingerprint density at radius 3 is 3.00 bits per heavy atom. The molecule has 0 saturated heterocycles. The minimum Gasteiger partial charge on any atom is -0.493 e. The number of ether oxygens (including phenoxy) is 1. The Balaban J connectivity index is 2.51. The van der Waals surface area contributed by atoms with Crippen LogP contribution in [0.4, 0.5) is 0 Å². The Bertz CT molecular complexity index is 575. The standard InChI is InChI=1S/C13H17N3O2/c1-4-7-14-13(17)11-9(2)15-12-10(18-3)6-5-8-16(11)12/h5-6,8H,4,7H2,1-3H3,(H,14,17). The zero-order chi connectivity index (χ0) is 13.1. The molecule has 5 nitrogen and oxygen atoms in total. The number of pyridine rings is 1. The number of carbonyl (C=O) groups is 1. The molecule has 0 aliphatic heterocycles. The summed E-state index contributed by atoms with van der Waals surface area (Å²) in [5.74, 6) is 0.560. The van der Waals surface area contributed by atoms with E-state index in [2.05, 4.69) is 10.3 Å². The van der Waals surface area contributed by atoms with E-state index in [-0.39, 0.29) is 5.91 Å². The SMILES string of the molecule is CCCNC(=O)c1c(C)nc2c(OC)cccn12. The van der Waals surface area contributed by atoms with E-state index in [9.17, 15) is 4.79 Å². The summed E-state index contributed by atoms with van der Waals surface area (Å²) in [7, 11) is 1.59. The van der Waals surface area contributed by atoms with Crippen LogP contribution in [0.3, 0.4) is 0 Å². The third-order valence-electron chi connectivity index (χ3n) is 2.76. The van der Waals surface area contributed by atoms with Crippen molar-refractivity contribution in [3.8, 4) is 5.75 Å². The molecule has 2 heterocycles. The van der Waals surface area contributed by atoms with Gasteiger partial charge in [0.15, 0.2) is 11.4 Å². The number of aromatic nitrogens is 2. The van der Waals surface area contributed by atoms with Crippen molar-refractivity contribution in [3.63, 3.8) is 0 Å². The number of amides is 1. The summed E-state index contributed by atoms with van der Waals surface area (Å²) in [6.07, 6.45) is 2.73.